The van der Waals surface area contributed by atoms with E-state index in [0.29, 0.717) is 28.2 Å². The van der Waals surface area contributed by atoms with Gasteiger partial charge in [0.05, 0.1) is 12.2 Å². The zero-order valence-electron chi connectivity index (χ0n) is 18.5. The summed E-state index contributed by atoms with van der Waals surface area (Å²) in [7, 11) is 0. The van der Waals surface area contributed by atoms with Crippen molar-refractivity contribution in [3.8, 4) is 28.6 Å². The summed E-state index contributed by atoms with van der Waals surface area (Å²) in [5.74, 6) is -1.26. The molecule has 0 saturated heterocycles. The Bertz CT molecular complexity index is 1240. The monoisotopic (exact) mass is 446 g/mol. The Hall–Kier alpha value is -3.84. The molecule has 0 aliphatic heterocycles. The quantitative estimate of drug-likeness (QED) is 0.322. The van der Waals surface area contributed by atoms with Gasteiger partial charge in [-0.2, -0.15) is 0 Å². The molecule has 2 heterocycles. The van der Waals surface area contributed by atoms with Gasteiger partial charge in [0, 0.05) is 34.5 Å². The molecule has 0 radical (unpaired) electrons. The van der Waals surface area contributed by atoms with E-state index >= 15 is 0 Å². The van der Waals surface area contributed by atoms with E-state index in [0.717, 1.165) is 18.4 Å². The predicted molar refractivity (Wildman–Crippen MR) is 124 cm³/mol. The van der Waals surface area contributed by atoms with E-state index in [1.54, 1.807) is 47.0 Å². The lowest BCUT2D eigenvalue weighted by molar-refractivity contribution is 0.103. The summed E-state index contributed by atoms with van der Waals surface area (Å²) in [6.45, 7) is 3.90. The van der Waals surface area contributed by atoms with Crippen molar-refractivity contribution in [1.82, 2.24) is 9.72 Å². The van der Waals surface area contributed by atoms with Gasteiger partial charge in [-0.1, -0.05) is 55.4 Å². The lowest BCUT2D eigenvalue weighted by Gasteiger charge is -2.19. The van der Waals surface area contributed by atoms with Crippen molar-refractivity contribution < 1.29 is 24.6 Å². The molecule has 4 aromatic rings. The first-order valence-electron chi connectivity index (χ1n) is 10.9. The molecule has 33 heavy (non-hydrogen) atoms. The number of benzene rings is 2. The van der Waals surface area contributed by atoms with Crippen LogP contribution < -0.4 is 0 Å². The molecule has 0 aliphatic carbocycles. The molecule has 0 aliphatic rings. The molecular weight excluding hydrogens is 420 g/mol. The van der Waals surface area contributed by atoms with Gasteiger partial charge < -0.3 is 19.8 Å². The fraction of sp³-hybridized carbons (Fsp3) is 0.231. The van der Waals surface area contributed by atoms with Crippen LogP contribution in [-0.4, -0.2) is 30.8 Å². The first-order chi connectivity index (χ1) is 16.0. The van der Waals surface area contributed by atoms with E-state index in [1.807, 2.05) is 26.0 Å². The van der Waals surface area contributed by atoms with E-state index in [4.69, 9.17) is 4.52 Å². The minimum absolute atomic E-state index is 0.0670. The number of ketones is 1. The maximum Gasteiger partial charge on any atom is 0.240 e. The Labute approximate surface area is 191 Å². The molecule has 0 atom stereocenters. The van der Waals surface area contributed by atoms with Crippen LogP contribution in [0.1, 0.15) is 59.8 Å². The normalized spacial score (nSPS) is 11.3. The molecule has 0 bridgehead atoms. The van der Waals surface area contributed by atoms with Crippen molar-refractivity contribution in [2.45, 2.75) is 39.2 Å². The van der Waals surface area contributed by atoms with Crippen LogP contribution in [0.2, 0.25) is 0 Å². The molecule has 0 spiro atoms. The van der Waals surface area contributed by atoms with E-state index in [1.165, 1.54) is 6.26 Å². The standard InChI is InChI=1S/C26H26N2O5/c1-3-17(4-2)23-22(24(30)19-7-5-16(15-29)6-8-19)25(31)26(32)28(23)20-11-9-18(10-12-20)21-13-14-33-27-21/h5-14,17,29,31-32H,3-4,15H2,1-2H3. The zero-order valence-corrected chi connectivity index (χ0v) is 18.5. The molecule has 2 aromatic carbocycles. The number of aliphatic hydroxyl groups is 1. The van der Waals surface area contributed by atoms with Gasteiger partial charge in [0.2, 0.25) is 5.88 Å². The lowest BCUT2D eigenvalue weighted by atomic mass is 9.92. The summed E-state index contributed by atoms with van der Waals surface area (Å²) < 4.78 is 6.46. The highest BCUT2D eigenvalue weighted by Gasteiger charge is 2.32. The minimum Gasteiger partial charge on any atom is -0.503 e. The average molecular weight is 447 g/mol. The number of carbonyl (C=O) groups excluding carboxylic acids is 1. The van der Waals surface area contributed by atoms with Gasteiger partial charge in [0.15, 0.2) is 11.5 Å². The highest BCUT2D eigenvalue weighted by atomic mass is 16.5. The van der Waals surface area contributed by atoms with Gasteiger partial charge in [-0.05, 0) is 30.5 Å². The number of hydrogen-bond acceptors (Lipinski definition) is 6. The van der Waals surface area contributed by atoms with Gasteiger partial charge in [0.25, 0.3) is 0 Å². The average Bonchev–Trinajstić information content (AvgIpc) is 3.47. The zero-order chi connectivity index (χ0) is 23.5. The lowest BCUT2D eigenvalue weighted by Crippen LogP contribution is -2.12. The second-order valence-electron chi connectivity index (χ2n) is 7.90. The summed E-state index contributed by atoms with van der Waals surface area (Å²) in [4.78, 5) is 13.5. The smallest absolute Gasteiger partial charge is 0.240 e. The highest BCUT2D eigenvalue weighted by Crippen LogP contribution is 2.44. The van der Waals surface area contributed by atoms with Crippen LogP contribution in [0, 0.1) is 0 Å². The van der Waals surface area contributed by atoms with Crippen molar-refractivity contribution in [2.75, 3.05) is 0 Å². The molecule has 3 N–H and O–H groups in total. The number of nitrogens with zero attached hydrogens (tertiary/aromatic N) is 2. The Morgan fingerprint density at radius 2 is 1.67 bits per heavy atom. The first kappa shape index (κ1) is 22.4. The molecule has 0 fully saturated rings. The van der Waals surface area contributed by atoms with Crippen molar-refractivity contribution in [3.63, 3.8) is 0 Å². The van der Waals surface area contributed by atoms with Crippen molar-refractivity contribution in [2.24, 2.45) is 0 Å². The van der Waals surface area contributed by atoms with Crippen LogP contribution in [0.4, 0.5) is 0 Å². The molecule has 4 rings (SSSR count). The molecule has 2 aromatic heterocycles. The van der Waals surface area contributed by atoms with Crippen molar-refractivity contribution in [1.29, 1.82) is 0 Å². The number of hydrogen-bond donors (Lipinski definition) is 3. The molecule has 0 amide bonds. The summed E-state index contributed by atoms with van der Waals surface area (Å²) in [6, 6.07) is 15.6. The third kappa shape index (κ3) is 4.03. The Morgan fingerprint density at radius 1 is 1.00 bits per heavy atom. The SMILES string of the molecule is CCC(CC)c1c(C(=O)c2ccc(CO)cc2)c(O)c(O)n1-c1ccc(-c2ccon2)cc1. The Kier molecular flexibility index (Phi) is 6.33. The largest absolute Gasteiger partial charge is 0.503 e. The van der Waals surface area contributed by atoms with Crippen LogP contribution in [-0.2, 0) is 6.61 Å². The Balaban J connectivity index is 1.86. The number of rotatable bonds is 8. The van der Waals surface area contributed by atoms with Crippen LogP contribution in [0.5, 0.6) is 11.6 Å². The highest BCUT2D eigenvalue weighted by molar-refractivity contribution is 6.12. The summed E-state index contributed by atoms with van der Waals surface area (Å²) in [6.07, 6.45) is 2.94. The second-order valence-corrected chi connectivity index (χ2v) is 7.90. The molecule has 170 valence electrons. The number of carbonyl (C=O) groups is 1. The fourth-order valence-electron chi connectivity index (χ4n) is 4.16. The van der Waals surface area contributed by atoms with Gasteiger partial charge in [0.1, 0.15) is 12.0 Å². The van der Waals surface area contributed by atoms with Crippen LogP contribution >= 0.6 is 0 Å². The first-order valence-corrected chi connectivity index (χ1v) is 10.9. The van der Waals surface area contributed by atoms with Crippen LogP contribution in [0.3, 0.4) is 0 Å². The van der Waals surface area contributed by atoms with Gasteiger partial charge in [-0.25, -0.2) is 0 Å². The van der Waals surface area contributed by atoms with Gasteiger partial charge >= 0.3 is 0 Å². The van der Waals surface area contributed by atoms with E-state index < -0.39 is 5.75 Å². The topological polar surface area (TPSA) is 109 Å². The summed E-state index contributed by atoms with van der Waals surface area (Å²) in [5.41, 5.74) is 3.86. The minimum atomic E-state index is -0.436. The van der Waals surface area contributed by atoms with Crippen LogP contribution in [0.25, 0.3) is 16.9 Å². The molecule has 0 saturated carbocycles. The van der Waals surface area contributed by atoms with E-state index in [9.17, 15) is 20.1 Å². The van der Waals surface area contributed by atoms with Crippen LogP contribution in [0.15, 0.2) is 65.4 Å². The number of aromatic nitrogens is 2. The predicted octanol–water partition coefficient (Wildman–Crippen LogP) is 5.17. The number of aromatic hydroxyl groups is 2. The third-order valence-electron chi connectivity index (χ3n) is 6.01. The maximum atomic E-state index is 13.5. The second kappa shape index (κ2) is 9.34. The molecular formula is C26H26N2O5. The summed E-state index contributed by atoms with van der Waals surface area (Å²) in [5, 5.41) is 35.0. The van der Waals surface area contributed by atoms with Gasteiger partial charge in [-0.3, -0.25) is 9.36 Å². The van der Waals surface area contributed by atoms with E-state index in [-0.39, 0.29) is 29.8 Å². The van der Waals surface area contributed by atoms with Gasteiger partial charge in [-0.15, -0.1) is 0 Å². The molecule has 7 heteroatoms. The fourth-order valence-corrected chi connectivity index (χ4v) is 4.16. The maximum absolute atomic E-state index is 13.5. The molecule has 7 nitrogen and oxygen atoms in total. The Morgan fingerprint density at radius 3 is 2.21 bits per heavy atom. The van der Waals surface area contributed by atoms with E-state index in [2.05, 4.69) is 5.16 Å². The number of aliphatic hydroxyl groups excluding tert-OH is 1. The molecule has 0 unspecified atom stereocenters. The third-order valence-corrected chi connectivity index (χ3v) is 6.01. The van der Waals surface area contributed by atoms with Crippen molar-refractivity contribution >= 4 is 5.78 Å². The van der Waals surface area contributed by atoms with Crippen molar-refractivity contribution in [3.05, 3.63) is 83.2 Å². The summed E-state index contributed by atoms with van der Waals surface area (Å²) >= 11 is 0.